The molecule has 2 unspecified atom stereocenters. The highest BCUT2D eigenvalue weighted by Gasteiger charge is 2.28. The Bertz CT molecular complexity index is 936. The molecule has 0 saturated heterocycles. The van der Waals surface area contributed by atoms with Crippen molar-refractivity contribution in [3.8, 4) is 0 Å². The minimum Gasteiger partial charge on any atom is -0.624 e. The molecule has 29 heavy (non-hydrogen) atoms. The van der Waals surface area contributed by atoms with Gasteiger partial charge in [-0.1, -0.05) is 30.3 Å². The maximum atomic E-state index is 12.4. The van der Waals surface area contributed by atoms with Gasteiger partial charge in [-0.15, -0.1) is 0 Å². The first-order valence-corrected chi connectivity index (χ1v) is 10.4. The van der Waals surface area contributed by atoms with Gasteiger partial charge in [0.05, 0.1) is 6.04 Å². The molecule has 6 nitrogen and oxygen atoms in total. The van der Waals surface area contributed by atoms with Crippen molar-refractivity contribution >= 4 is 46.2 Å². The Morgan fingerprint density at radius 3 is 2.69 bits per heavy atom. The fourth-order valence-corrected chi connectivity index (χ4v) is 3.49. The zero-order valence-electron chi connectivity index (χ0n) is 16.6. The van der Waals surface area contributed by atoms with E-state index in [-0.39, 0.29) is 11.6 Å². The van der Waals surface area contributed by atoms with Gasteiger partial charge in [-0.25, -0.2) is 4.79 Å². The van der Waals surface area contributed by atoms with Crippen LogP contribution in [0.3, 0.4) is 0 Å². The number of aliphatic imine (C=N–C) groups is 1. The van der Waals surface area contributed by atoms with E-state index in [9.17, 15) is 10.0 Å². The zero-order valence-corrected chi connectivity index (χ0v) is 18.8. The molecule has 0 aromatic heterocycles. The van der Waals surface area contributed by atoms with Crippen molar-refractivity contribution in [2.45, 2.75) is 32.4 Å². The van der Waals surface area contributed by atoms with Crippen molar-refractivity contribution in [1.29, 1.82) is 0 Å². The fraction of sp³-hybridized carbons (Fsp3) is 0.273. The number of carbonyl (C=O) groups is 1. The van der Waals surface area contributed by atoms with Gasteiger partial charge < -0.3 is 20.3 Å². The number of carbonyl (C=O) groups excluding carboxylic acids is 1. The van der Waals surface area contributed by atoms with Crippen LogP contribution < -0.4 is 10.4 Å². The van der Waals surface area contributed by atoms with Crippen LogP contribution >= 0.6 is 22.6 Å². The molecule has 2 atom stereocenters. The summed E-state index contributed by atoms with van der Waals surface area (Å²) in [5.41, 5.74) is 2.69. The molecule has 0 radical (unpaired) electrons. The van der Waals surface area contributed by atoms with Crippen LogP contribution in [0.5, 0.6) is 0 Å². The first-order valence-electron chi connectivity index (χ1n) is 9.34. The summed E-state index contributed by atoms with van der Waals surface area (Å²) in [4.78, 5) is 16.8. The second-order valence-corrected chi connectivity index (χ2v) is 8.99. The van der Waals surface area contributed by atoms with E-state index in [2.05, 4.69) is 32.9 Å². The van der Waals surface area contributed by atoms with E-state index in [0.29, 0.717) is 5.69 Å². The molecule has 1 aliphatic rings. The van der Waals surface area contributed by atoms with Crippen LogP contribution in [0.4, 0.5) is 10.5 Å². The molecule has 152 valence electrons. The number of nitrogens with one attached hydrogen (secondary N) is 2. The molecule has 0 saturated carbocycles. The monoisotopic (exact) mass is 505 g/mol. The number of hydrogen-bond donors (Lipinski definition) is 2. The average molecular weight is 505 g/mol. The van der Waals surface area contributed by atoms with E-state index in [1.54, 1.807) is 12.4 Å². The highest BCUT2D eigenvalue weighted by Crippen LogP contribution is 2.30. The lowest BCUT2D eigenvalue weighted by Crippen LogP contribution is -2.95. The Labute approximate surface area is 184 Å². The molecule has 0 spiro atoms. The molecule has 1 heterocycles. The molecule has 0 aliphatic carbocycles. The number of rotatable bonds is 5. The van der Waals surface area contributed by atoms with Gasteiger partial charge in [0.15, 0.2) is 0 Å². The van der Waals surface area contributed by atoms with Gasteiger partial charge >= 0.3 is 6.09 Å². The van der Waals surface area contributed by atoms with Crippen LogP contribution in [0.25, 0.3) is 5.57 Å². The summed E-state index contributed by atoms with van der Waals surface area (Å²) in [6.45, 7) is 5.66. The molecular weight excluding hydrogens is 481 g/mol. The number of nitrogens with zero attached hydrogens (tertiary/aromatic N) is 1. The highest BCUT2D eigenvalue weighted by molar-refractivity contribution is 14.1. The average Bonchev–Trinajstić information content (AvgIpc) is 2.97. The summed E-state index contributed by atoms with van der Waals surface area (Å²) < 4.78 is 6.37. The van der Waals surface area contributed by atoms with Gasteiger partial charge in [0.25, 0.3) is 0 Å². The molecule has 0 bridgehead atoms. The maximum Gasteiger partial charge on any atom is 0.407 e. The second-order valence-electron chi connectivity index (χ2n) is 7.74. The summed E-state index contributed by atoms with van der Waals surface area (Å²) in [7, 11) is 0. The number of amides is 1. The number of hydrogen-bond acceptors (Lipinski definition) is 4. The normalized spacial score (nSPS) is 17.0. The Kier molecular flexibility index (Phi) is 6.71. The van der Waals surface area contributed by atoms with Crippen molar-refractivity contribution in [3.05, 3.63) is 74.6 Å². The van der Waals surface area contributed by atoms with Gasteiger partial charge in [-0.2, -0.15) is 0 Å². The predicted octanol–water partition coefficient (Wildman–Crippen LogP) is 3.67. The van der Waals surface area contributed by atoms with Gasteiger partial charge in [0, 0.05) is 33.5 Å². The third kappa shape index (κ3) is 5.88. The van der Waals surface area contributed by atoms with Gasteiger partial charge in [0.1, 0.15) is 17.5 Å². The number of quaternary nitrogens is 1. The number of benzene rings is 2. The quantitative estimate of drug-likeness (QED) is 0.370. The summed E-state index contributed by atoms with van der Waals surface area (Å²) in [5, 5.41) is 15.2. The van der Waals surface area contributed by atoms with Gasteiger partial charge in [0.2, 0.25) is 0 Å². The number of fused-ring (bicyclic) bond motifs is 1. The van der Waals surface area contributed by atoms with Crippen molar-refractivity contribution in [2.75, 3.05) is 6.54 Å². The van der Waals surface area contributed by atoms with Crippen LogP contribution in [0.15, 0.2) is 59.7 Å². The van der Waals surface area contributed by atoms with E-state index in [1.165, 1.54) is 0 Å². The summed E-state index contributed by atoms with van der Waals surface area (Å²) in [6, 6.07) is 15.0. The smallest absolute Gasteiger partial charge is 0.407 e. The lowest BCUT2D eigenvalue weighted by atomic mass is 10.0. The third-order valence-electron chi connectivity index (χ3n) is 4.25. The molecule has 1 amide bonds. The van der Waals surface area contributed by atoms with Gasteiger partial charge in [-0.05, 0) is 61.1 Å². The van der Waals surface area contributed by atoms with Crippen molar-refractivity contribution < 1.29 is 14.6 Å². The first kappa shape index (κ1) is 21.5. The minimum atomic E-state index is -0.585. The van der Waals surface area contributed by atoms with Crippen LogP contribution in [0, 0.1) is 8.78 Å². The summed E-state index contributed by atoms with van der Waals surface area (Å²) >= 11 is 2.22. The van der Waals surface area contributed by atoms with Crippen LogP contribution in [0.1, 0.15) is 31.9 Å². The standard InChI is InChI=1S/C22H24IN3O3/c1-22(2,3)29-21(27)25-13-19(24-12-15-7-5-4-6-8-15)18-14-26(28)20-10-9-16(23)11-17(18)20/h4-12,14,19,26H,13H2,1-3H3,(H,25,27)/b24-12-. The lowest BCUT2D eigenvalue weighted by Gasteiger charge is -2.21. The van der Waals surface area contributed by atoms with Crippen LogP contribution in [-0.2, 0) is 4.74 Å². The van der Waals surface area contributed by atoms with E-state index >= 15 is 0 Å². The molecule has 3 rings (SSSR count). The molecule has 2 N–H and O–H groups in total. The Balaban J connectivity index is 1.86. The Morgan fingerprint density at radius 1 is 1.28 bits per heavy atom. The highest BCUT2D eigenvalue weighted by atomic mass is 127. The van der Waals surface area contributed by atoms with Crippen molar-refractivity contribution in [3.63, 3.8) is 0 Å². The second kappa shape index (κ2) is 9.06. The van der Waals surface area contributed by atoms with E-state index < -0.39 is 17.7 Å². The third-order valence-corrected chi connectivity index (χ3v) is 4.92. The predicted molar refractivity (Wildman–Crippen MR) is 123 cm³/mol. The molecule has 0 fully saturated rings. The van der Waals surface area contributed by atoms with Crippen LogP contribution in [-0.4, -0.2) is 30.5 Å². The van der Waals surface area contributed by atoms with Crippen molar-refractivity contribution in [2.24, 2.45) is 4.99 Å². The van der Waals surface area contributed by atoms with Gasteiger partial charge in [-0.3, -0.25) is 4.99 Å². The maximum absolute atomic E-state index is 12.4. The number of alkyl carbamates (subject to hydrolysis) is 1. The van der Waals surface area contributed by atoms with E-state index in [4.69, 9.17) is 4.74 Å². The van der Waals surface area contributed by atoms with Crippen molar-refractivity contribution in [1.82, 2.24) is 5.32 Å². The topological polar surface area (TPSA) is 78.2 Å². The Hall–Kier alpha value is -2.23. The van der Waals surface area contributed by atoms with E-state index in [0.717, 1.165) is 20.3 Å². The SMILES string of the molecule is CC(C)(C)OC(=O)NCC(/N=C\c1ccccc1)C1=C[NH+]([O-])c2ccc(I)cc21. The molecule has 2 aromatic rings. The minimum absolute atomic E-state index is 0.0384. The lowest BCUT2D eigenvalue weighted by molar-refractivity contribution is -0.710. The number of hydroxylamine groups is 1. The molecule has 1 aliphatic heterocycles. The van der Waals surface area contributed by atoms with E-state index in [1.807, 2.05) is 69.3 Å². The number of ether oxygens (including phenoxy) is 1. The molecule has 2 aromatic carbocycles. The Morgan fingerprint density at radius 2 is 2.00 bits per heavy atom. The summed E-state index contributed by atoms with van der Waals surface area (Å²) in [6.07, 6.45) is 2.87. The largest absolute Gasteiger partial charge is 0.624 e. The molecular formula is C22H24IN3O3. The zero-order chi connectivity index (χ0) is 21.0. The first-order chi connectivity index (χ1) is 13.7. The number of halogens is 1. The molecule has 7 heteroatoms. The van der Waals surface area contributed by atoms with Crippen LogP contribution in [0.2, 0.25) is 0 Å². The summed E-state index contributed by atoms with van der Waals surface area (Å²) in [5.74, 6) is 0. The fourth-order valence-electron chi connectivity index (χ4n) is 2.99.